The number of aliphatic imine (C=N–C) groups is 1. The number of benzene rings is 1. The summed E-state index contributed by atoms with van der Waals surface area (Å²) in [7, 11) is -1.83. The van der Waals surface area contributed by atoms with Crippen LogP contribution in [0.5, 0.6) is 0 Å². The maximum Gasteiger partial charge on any atom is 0.243 e. The van der Waals surface area contributed by atoms with E-state index in [0.717, 1.165) is 5.69 Å². The molecule has 3 rings (SSSR count). The van der Waals surface area contributed by atoms with Gasteiger partial charge in [0.05, 0.1) is 12.2 Å². The smallest absolute Gasteiger partial charge is 0.243 e. The molecule has 1 amide bonds. The summed E-state index contributed by atoms with van der Waals surface area (Å²) in [5, 5.41) is 9.48. The highest BCUT2D eigenvalue weighted by Crippen LogP contribution is 2.13. The van der Waals surface area contributed by atoms with E-state index in [0.29, 0.717) is 37.8 Å². The van der Waals surface area contributed by atoms with Crippen LogP contribution in [0.2, 0.25) is 0 Å². The van der Waals surface area contributed by atoms with Crippen molar-refractivity contribution in [3.05, 3.63) is 48.4 Å². The predicted octanol–water partition coefficient (Wildman–Crippen LogP) is 0.336. The van der Waals surface area contributed by atoms with Gasteiger partial charge in [-0.05, 0) is 12.1 Å². The van der Waals surface area contributed by atoms with E-state index in [1.54, 1.807) is 13.1 Å². The molecule has 2 heterocycles. The number of amides is 1. The van der Waals surface area contributed by atoms with Gasteiger partial charge in [-0.25, -0.2) is 8.42 Å². The van der Waals surface area contributed by atoms with E-state index in [9.17, 15) is 13.2 Å². The summed E-state index contributed by atoms with van der Waals surface area (Å²) in [6, 6.07) is 10.7. The van der Waals surface area contributed by atoms with Crippen LogP contribution in [0.1, 0.15) is 5.69 Å². The van der Waals surface area contributed by atoms with Crippen LogP contribution < -0.4 is 10.6 Å². The molecule has 1 saturated heterocycles. The Labute approximate surface area is 169 Å². The summed E-state index contributed by atoms with van der Waals surface area (Å²) in [4.78, 5) is 18.2. The van der Waals surface area contributed by atoms with E-state index in [2.05, 4.69) is 20.8 Å². The third kappa shape index (κ3) is 5.78. The monoisotopic (exact) mass is 420 g/mol. The summed E-state index contributed by atoms with van der Waals surface area (Å²) in [6.07, 6.45) is 1.35. The first kappa shape index (κ1) is 20.8. The number of carbonyl (C=O) groups excluding carboxylic acids is 1. The average molecular weight is 420 g/mol. The molecule has 2 N–H and O–H groups in total. The molecule has 0 bridgehead atoms. The van der Waals surface area contributed by atoms with Crippen LogP contribution >= 0.6 is 0 Å². The molecule has 29 heavy (non-hydrogen) atoms. The van der Waals surface area contributed by atoms with E-state index < -0.39 is 10.0 Å². The van der Waals surface area contributed by atoms with Gasteiger partial charge in [-0.3, -0.25) is 9.79 Å². The Kier molecular flexibility index (Phi) is 6.83. The Morgan fingerprint density at radius 2 is 1.90 bits per heavy atom. The normalized spacial score (nSPS) is 15.9. The Bertz CT molecular complexity index is 923. The number of carbonyl (C=O) groups is 1. The topological polar surface area (TPSA) is 120 Å². The lowest BCUT2D eigenvalue weighted by atomic mass is 10.3. The molecule has 10 nitrogen and oxygen atoms in total. The number of aromatic nitrogens is 1. The van der Waals surface area contributed by atoms with Gasteiger partial charge in [0.1, 0.15) is 12.0 Å². The fourth-order valence-electron chi connectivity index (χ4n) is 2.99. The number of hydrogen-bond acceptors (Lipinski definition) is 6. The fraction of sp³-hybridized carbons (Fsp3) is 0.389. The Hall–Kier alpha value is -2.92. The third-order valence-corrected chi connectivity index (χ3v) is 6.24. The SMILES string of the molecule is CN=C(NCC(=O)Nc1ccccc1)N1CCN(S(=O)(=O)Cc2ccon2)CC1. The molecule has 156 valence electrons. The molecular weight excluding hydrogens is 396 g/mol. The fourth-order valence-corrected chi connectivity index (χ4v) is 4.41. The van der Waals surface area contributed by atoms with Crippen molar-refractivity contribution in [1.82, 2.24) is 19.7 Å². The zero-order valence-corrected chi connectivity index (χ0v) is 16.9. The number of hydrogen-bond donors (Lipinski definition) is 2. The Morgan fingerprint density at radius 1 is 1.17 bits per heavy atom. The molecule has 1 aliphatic rings. The number of nitrogens with zero attached hydrogens (tertiary/aromatic N) is 4. The molecular formula is C18H24N6O4S. The zero-order valence-electron chi connectivity index (χ0n) is 16.1. The Morgan fingerprint density at radius 3 is 2.52 bits per heavy atom. The first-order chi connectivity index (χ1) is 14.0. The van der Waals surface area contributed by atoms with Gasteiger partial charge < -0.3 is 20.1 Å². The van der Waals surface area contributed by atoms with Crippen molar-refractivity contribution in [3.63, 3.8) is 0 Å². The maximum atomic E-state index is 12.5. The van der Waals surface area contributed by atoms with Crippen molar-refractivity contribution >= 4 is 27.6 Å². The van der Waals surface area contributed by atoms with Crippen LogP contribution in [0.4, 0.5) is 5.69 Å². The molecule has 11 heteroatoms. The second-order valence-corrected chi connectivity index (χ2v) is 8.42. The van der Waals surface area contributed by atoms with E-state index in [4.69, 9.17) is 4.52 Å². The molecule has 0 radical (unpaired) electrons. The third-order valence-electron chi connectivity index (χ3n) is 4.43. The molecule has 1 aromatic heterocycles. The summed E-state index contributed by atoms with van der Waals surface area (Å²) in [5.74, 6) is 0.184. The summed E-state index contributed by atoms with van der Waals surface area (Å²) < 4.78 is 31.2. The second kappa shape index (κ2) is 9.52. The minimum absolute atomic E-state index is 0.0617. The minimum Gasteiger partial charge on any atom is -0.364 e. The highest BCUT2D eigenvalue weighted by Gasteiger charge is 2.29. The van der Waals surface area contributed by atoms with E-state index >= 15 is 0 Å². The Balaban J connectivity index is 1.48. The van der Waals surface area contributed by atoms with Gasteiger partial charge in [-0.2, -0.15) is 4.31 Å². The van der Waals surface area contributed by atoms with Crippen LogP contribution in [0, 0.1) is 0 Å². The molecule has 0 aliphatic carbocycles. The highest BCUT2D eigenvalue weighted by molar-refractivity contribution is 7.88. The zero-order chi connectivity index (χ0) is 20.7. The molecule has 2 aromatic rings. The maximum absolute atomic E-state index is 12.5. The van der Waals surface area contributed by atoms with Gasteiger partial charge >= 0.3 is 0 Å². The van der Waals surface area contributed by atoms with Crippen molar-refractivity contribution in [2.24, 2.45) is 4.99 Å². The van der Waals surface area contributed by atoms with Gasteiger partial charge in [0.2, 0.25) is 15.9 Å². The number of anilines is 1. The molecule has 1 aliphatic heterocycles. The van der Waals surface area contributed by atoms with Crippen LogP contribution in [0.3, 0.4) is 0 Å². The largest absolute Gasteiger partial charge is 0.364 e. The predicted molar refractivity (Wildman–Crippen MR) is 109 cm³/mol. The van der Waals surface area contributed by atoms with Crippen LogP contribution in [0.25, 0.3) is 0 Å². The van der Waals surface area contributed by atoms with E-state index in [-0.39, 0.29) is 18.2 Å². The second-order valence-electron chi connectivity index (χ2n) is 6.45. The van der Waals surface area contributed by atoms with E-state index in [1.165, 1.54) is 10.6 Å². The average Bonchev–Trinajstić information content (AvgIpc) is 3.22. The van der Waals surface area contributed by atoms with E-state index in [1.807, 2.05) is 35.2 Å². The van der Waals surface area contributed by atoms with Gasteiger partial charge in [-0.1, -0.05) is 23.4 Å². The van der Waals surface area contributed by atoms with Gasteiger partial charge in [0.25, 0.3) is 0 Å². The van der Waals surface area contributed by atoms with Gasteiger partial charge in [0.15, 0.2) is 5.96 Å². The molecule has 0 unspecified atom stereocenters. The lowest BCUT2D eigenvalue weighted by Crippen LogP contribution is -2.54. The first-order valence-corrected chi connectivity index (χ1v) is 10.8. The van der Waals surface area contributed by atoms with Crippen LogP contribution in [0.15, 0.2) is 52.2 Å². The minimum atomic E-state index is -3.46. The van der Waals surface area contributed by atoms with Gasteiger partial charge in [-0.15, -0.1) is 0 Å². The van der Waals surface area contributed by atoms with Crippen molar-refractivity contribution in [2.75, 3.05) is 45.1 Å². The molecule has 1 aromatic carbocycles. The number of sulfonamides is 1. The molecule has 0 spiro atoms. The van der Waals surface area contributed by atoms with Crippen molar-refractivity contribution in [1.29, 1.82) is 0 Å². The van der Waals surface area contributed by atoms with Crippen molar-refractivity contribution in [2.45, 2.75) is 5.75 Å². The number of piperazine rings is 1. The lowest BCUT2D eigenvalue weighted by molar-refractivity contribution is -0.115. The molecule has 0 saturated carbocycles. The highest BCUT2D eigenvalue weighted by atomic mass is 32.2. The van der Waals surface area contributed by atoms with Crippen molar-refractivity contribution < 1.29 is 17.7 Å². The molecule has 0 atom stereocenters. The first-order valence-electron chi connectivity index (χ1n) is 9.15. The van der Waals surface area contributed by atoms with Crippen molar-refractivity contribution in [3.8, 4) is 0 Å². The lowest BCUT2D eigenvalue weighted by Gasteiger charge is -2.35. The summed E-state index contributed by atoms with van der Waals surface area (Å²) >= 11 is 0. The number of guanidine groups is 1. The standard InChI is InChI=1S/C18H24N6O4S/c1-19-18(20-13-17(25)21-15-5-3-2-4-6-15)23-8-10-24(11-9-23)29(26,27)14-16-7-12-28-22-16/h2-7,12H,8-11,13-14H2,1H3,(H,19,20)(H,21,25). The molecule has 1 fully saturated rings. The quantitative estimate of drug-likeness (QED) is 0.511. The van der Waals surface area contributed by atoms with Crippen LogP contribution in [-0.2, 0) is 20.6 Å². The van der Waals surface area contributed by atoms with Crippen LogP contribution in [-0.4, -0.2) is 74.4 Å². The number of para-hydroxylation sites is 1. The van der Waals surface area contributed by atoms with Gasteiger partial charge in [0, 0.05) is 45.0 Å². The number of nitrogens with one attached hydrogen (secondary N) is 2. The number of rotatable bonds is 6. The summed E-state index contributed by atoms with van der Waals surface area (Å²) in [6.45, 7) is 1.66. The summed E-state index contributed by atoms with van der Waals surface area (Å²) in [5.41, 5.74) is 1.11.